The zero-order chi connectivity index (χ0) is 18.5. The molecule has 1 fully saturated rings. The van der Waals surface area contributed by atoms with Crippen LogP contribution < -0.4 is 16.8 Å². The fourth-order valence-electron chi connectivity index (χ4n) is 3.49. The van der Waals surface area contributed by atoms with Gasteiger partial charge in [-0.15, -0.1) is 0 Å². The molecule has 26 heavy (non-hydrogen) atoms. The summed E-state index contributed by atoms with van der Waals surface area (Å²) < 4.78 is 5.47. The van der Waals surface area contributed by atoms with E-state index < -0.39 is 0 Å². The number of benzene rings is 1. The van der Waals surface area contributed by atoms with Crippen molar-refractivity contribution in [2.24, 2.45) is 11.5 Å². The van der Waals surface area contributed by atoms with E-state index in [1.165, 1.54) is 35.1 Å². The molecule has 0 atom stereocenters. The first-order valence-electron chi connectivity index (χ1n) is 8.91. The molecule has 3 rings (SSSR count). The van der Waals surface area contributed by atoms with E-state index in [1.54, 1.807) is 0 Å². The highest BCUT2D eigenvalue weighted by atomic mass is 16.5. The molecule has 6 heteroatoms. The number of amides is 1. The third kappa shape index (κ3) is 3.75. The number of nitrogens with one attached hydrogen (secondary N) is 2. The lowest BCUT2D eigenvalue weighted by Gasteiger charge is -2.21. The molecule has 2 aromatic rings. The van der Waals surface area contributed by atoms with E-state index >= 15 is 0 Å². The number of aryl methyl sites for hydroxylation is 1. The highest BCUT2D eigenvalue weighted by molar-refractivity contribution is 5.96. The van der Waals surface area contributed by atoms with Crippen molar-refractivity contribution in [3.63, 3.8) is 0 Å². The number of hydrogen-bond donors (Lipinski definition) is 4. The van der Waals surface area contributed by atoms with Crippen LogP contribution in [0, 0.1) is 6.92 Å². The quantitative estimate of drug-likeness (QED) is 0.488. The van der Waals surface area contributed by atoms with Crippen LogP contribution in [0.2, 0.25) is 0 Å². The van der Waals surface area contributed by atoms with Crippen LogP contribution in [0.3, 0.4) is 0 Å². The Morgan fingerprint density at radius 3 is 2.81 bits per heavy atom. The van der Waals surface area contributed by atoms with E-state index in [-0.39, 0.29) is 5.91 Å². The average Bonchev–Trinajstić information content (AvgIpc) is 3.01. The highest BCUT2D eigenvalue weighted by Crippen LogP contribution is 2.33. The van der Waals surface area contributed by atoms with Crippen LogP contribution in [0.5, 0.6) is 0 Å². The zero-order valence-electron chi connectivity index (χ0n) is 15.0. The lowest BCUT2D eigenvalue weighted by atomic mass is 9.93. The number of aromatic amines is 1. The minimum absolute atomic E-state index is 0.247. The predicted octanol–water partition coefficient (Wildman–Crippen LogP) is 2.30. The number of H-pyrrole nitrogens is 1. The maximum atomic E-state index is 12.1. The van der Waals surface area contributed by atoms with Gasteiger partial charge in [0.1, 0.15) is 0 Å². The Labute approximate surface area is 153 Å². The summed E-state index contributed by atoms with van der Waals surface area (Å²) in [4.78, 5) is 15.7. The van der Waals surface area contributed by atoms with Gasteiger partial charge in [0, 0.05) is 48.5 Å². The van der Waals surface area contributed by atoms with Gasteiger partial charge in [-0.1, -0.05) is 6.07 Å². The number of carbonyl (C=O) groups excluding carboxylic acids is 1. The van der Waals surface area contributed by atoms with Crippen LogP contribution in [0.25, 0.3) is 10.9 Å². The molecular weight excluding hydrogens is 328 g/mol. The first kappa shape index (κ1) is 18.1. The van der Waals surface area contributed by atoms with E-state index in [1.807, 2.05) is 6.07 Å². The molecule has 1 aliphatic heterocycles. The van der Waals surface area contributed by atoms with E-state index in [0.29, 0.717) is 18.0 Å². The molecule has 138 valence electrons. The van der Waals surface area contributed by atoms with Crippen molar-refractivity contribution in [3.05, 3.63) is 59.1 Å². The number of fused-ring (bicyclic) bond motifs is 1. The first-order valence-corrected chi connectivity index (χ1v) is 8.91. The molecular formula is C20H26N4O2. The van der Waals surface area contributed by atoms with Crippen LogP contribution in [0.1, 0.15) is 35.6 Å². The minimum Gasteiger partial charge on any atom is -0.405 e. The number of hydrogen-bond acceptors (Lipinski definition) is 4. The van der Waals surface area contributed by atoms with Crippen molar-refractivity contribution in [1.82, 2.24) is 10.3 Å². The fourth-order valence-corrected chi connectivity index (χ4v) is 3.49. The van der Waals surface area contributed by atoms with Gasteiger partial charge in [-0.25, -0.2) is 0 Å². The third-order valence-corrected chi connectivity index (χ3v) is 4.96. The number of aromatic nitrogens is 1. The van der Waals surface area contributed by atoms with Gasteiger partial charge in [-0.05, 0) is 55.3 Å². The van der Waals surface area contributed by atoms with Gasteiger partial charge in [-0.3, -0.25) is 4.79 Å². The monoisotopic (exact) mass is 354 g/mol. The van der Waals surface area contributed by atoms with Crippen molar-refractivity contribution in [1.29, 1.82) is 0 Å². The Hall–Kier alpha value is -2.73. The van der Waals surface area contributed by atoms with E-state index in [0.717, 1.165) is 37.1 Å². The Kier molecular flexibility index (Phi) is 5.63. The van der Waals surface area contributed by atoms with Crippen molar-refractivity contribution in [3.8, 4) is 0 Å². The van der Waals surface area contributed by atoms with Crippen molar-refractivity contribution < 1.29 is 9.53 Å². The Bertz CT molecular complexity index is 845. The largest absolute Gasteiger partial charge is 0.405 e. The second-order valence-electron chi connectivity index (χ2n) is 6.59. The molecule has 1 aromatic heterocycles. The molecule has 1 aromatic carbocycles. The molecule has 0 saturated carbocycles. The summed E-state index contributed by atoms with van der Waals surface area (Å²) in [7, 11) is 0. The fraction of sp³-hybridized carbons (Fsp3) is 0.350. The number of nitrogens with two attached hydrogens (primary N) is 2. The summed E-state index contributed by atoms with van der Waals surface area (Å²) in [5.41, 5.74) is 15.9. The summed E-state index contributed by atoms with van der Waals surface area (Å²) in [6.07, 6.45) is 6.14. The van der Waals surface area contributed by atoms with Gasteiger partial charge >= 0.3 is 0 Å². The predicted molar refractivity (Wildman–Crippen MR) is 103 cm³/mol. The molecule has 1 aliphatic rings. The van der Waals surface area contributed by atoms with E-state index in [2.05, 4.69) is 29.4 Å². The standard InChI is InChI=1S/C20H26N4O2/c1-13-17-10-14(12-23-20(25)16(11-22)4-7-21)2-3-18(17)24-19(13)15-5-8-26-9-6-15/h2-4,7,10-11,15,24H,5-6,8-9,12,21-22H2,1H3,(H,23,25)/b7-4-,16-11+. The summed E-state index contributed by atoms with van der Waals surface area (Å²) in [5.74, 6) is 0.280. The van der Waals surface area contributed by atoms with Gasteiger partial charge < -0.3 is 26.5 Å². The molecule has 1 saturated heterocycles. The van der Waals surface area contributed by atoms with Gasteiger partial charge in [0.25, 0.3) is 5.91 Å². The molecule has 0 bridgehead atoms. The Balaban J connectivity index is 1.76. The second-order valence-corrected chi connectivity index (χ2v) is 6.59. The van der Waals surface area contributed by atoms with Crippen molar-refractivity contribution in [2.75, 3.05) is 13.2 Å². The van der Waals surface area contributed by atoms with Crippen LogP contribution >= 0.6 is 0 Å². The van der Waals surface area contributed by atoms with Crippen LogP contribution in [0.4, 0.5) is 0 Å². The maximum Gasteiger partial charge on any atom is 0.253 e. The zero-order valence-corrected chi connectivity index (χ0v) is 15.0. The van der Waals surface area contributed by atoms with Gasteiger partial charge in [-0.2, -0.15) is 0 Å². The second kappa shape index (κ2) is 8.10. The lowest BCUT2D eigenvalue weighted by molar-refractivity contribution is -0.117. The molecule has 0 aliphatic carbocycles. The first-order chi connectivity index (χ1) is 12.6. The van der Waals surface area contributed by atoms with Crippen molar-refractivity contribution >= 4 is 16.8 Å². The van der Waals surface area contributed by atoms with E-state index in [4.69, 9.17) is 16.2 Å². The van der Waals surface area contributed by atoms with Gasteiger partial charge in [0.15, 0.2) is 0 Å². The average molecular weight is 354 g/mol. The van der Waals surface area contributed by atoms with Gasteiger partial charge in [0.2, 0.25) is 0 Å². The molecule has 6 N–H and O–H groups in total. The Morgan fingerprint density at radius 1 is 1.35 bits per heavy atom. The van der Waals surface area contributed by atoms with E-state index in [9.17, 15) is 4.79 Å². The molecule has 6 nitrogen and oxygen atoms in total. The smallest absolute Gasteiger partial charge is 0.253 e. The SMILES string of the molecule is Cc1c(C2CCOCC2)[nH]c2ccc(CNC(=O)C(/C=C\N)=C/N)cc12. The van der Waals surface area contributed by atoms with Crippen LogP contribution in [-0.2, 0) is 16.1 Å². The molecule has 1 amide bonds. The number of carbonyl (C=O) groups is 1. The molecule has 0 spiro atoms. The van der Waals surface area contributed by atoms with Crippen molar-refractivity contribution in [2.45, 2.75) is 32.2 Å². The van der Waals surface area contributed by atoms with Gasteiger partial charge in [0.05, 0.1) is 5.57 Å². The number of rotatable bonds is 5. The maximum absolute atomic E-state index is 12.1. The summed E-state index contributed by atoms with van der Waals surface area (Å²) in [5, 5.41) is 4.07. The molecule has 0 unspecified atom stereocenters. The highest BCUT2D eigenvalue weighted by Gasteiger charge is 2.20. The summed E-state index contributed by atoms with van der Waals surface area (Å²) in [6, 6.07) is 6.23. The minimum atomic E-state index is -0.247. The summed E-state index contributed by atoms with van der Waals surface area (Å²) >= 11 is 0. The molecule has 0 radical (unpaired) electrons. The normalized spacial score (nSPS) is 16.4. The third-order valence-electron chi connectivity index (χ3n) is 4.96. The summed E-state index contributed by atoms with van der Waals surface area (Å²) in [6.45, 7) is 4.24. The Morgan fingerprint density at radius 2 is 2.12 bits per heavy atom. The number of ether oxygens (including phenoxy) is 1. The van der Waals surface area contributed by atoms with Crippen LogP contribution in [-0.4, -0.2) is 24.1 Å². The molecule has 2 heterocycles. The topological polar surface area (TPSA) is 106 Å². The lowest BCUT2D eigenvalue weighted by Crippen LogP contribution is -2.24. The van der Waals surface area contributed by atoms with Crippen LogP contribution in [0.15, 0.2) is 42.2 Å².